The van der Waals surface area contributed by atoms with E-state index in [0.717, 1.165) is 43.3 Å². The third-order valence-electron chi connectivity index (χ3n) is 3.12. The molecule has 1 saturated heterocycles. The number of piperidine rings is 1. The van der Waals surface area contributed by atoms with Gasteiger partial charge >= 0.3 is 0 Å². The Bertz CT molecular complexity index is 254. The minimum Gasteiger partial charge on any atom is -0.351 e. The minimum atomic E-state index is -0.199. The van der Waals surface area contributed by atoms with Crippen molar-refractivity contribution >= 4 is 21.8 Å². The number of carbonyl (C=O) groups excluding carboxylic acids is 1. The lowest BCUT2D eigenvalue weighted by Gasteiger charge is -2.36. The van der Waals surface area contributed by atoms with Gasteiger partial charge in [0, 0.05) is 17.6 Å². The van der Waals surface area contributed by atoms with Crippen molar-refractivity contribution in [2.45, 2.75) is 32.6 Å². The first kappa shape index (κ1) is 13.7. The van der Waals surface area contributed by atoms with Gasteiger partial charge < -0.3 is 10.6 Å². The van der Waals surface area contributed by atoms with Crippen LogP contribution in [-0.2, 0) is 4.79 Å². The highest BCUT2D eigenvalue weighted by atomic mass is 79.9. The summed E-state index contributed by atoms with van der Waals surface area (Å²) in [6.45, 7) is 8.22. The van der Waals surface area contributed by atoms with E-state index in [1.165, 1.54) is 0 Å². The van der Waals surface area contributed by atoms with Crippen molar-refractivity contribution in [3.63, 3.8) is 0 Å². The lowest BCUT2D eigenvalue weighted by atomic mass is 9.76. The molecule has 0 aromatic carbocycles. The highest BCUT2D eigenvalue weighted by Gasteiger charge is 2.38. The molecular weight excluding hydrogens is 268 g/mol. The topological polar surface area (TPSA) is 41.1 Å². The predicted molar refractivity (Wildman–Crippen MR) is 70.5 cm³/mol. The molecule has 2 N–H and O–H groups in total. The van der Waals surface area contributed by atoms with Crippen molar-refractivity contribution in [3.8, 4) is 0 Å². The zero-order valence-corrected chi connectivity index (χ0v) is 11.5. The molecule has 0 spiro atoms. The zero-order valence-electron chi connectivity index (χ0n) is 9.94. The Morgan fingerprint density at radius 3 is 2.88 bits per heavy atom. The summed E-state index contributed by atoms with van der Waals surface area (Å²) in [5, 5.41) is 6.29. The molecule has 0 bridgehead atoms. The average Bonchev–Trinajstić information content (AvgIpc) is 2.27. The number of hydrogen-bond acceptors (Lipinski definition) is 2. The molecule has 92 valence electrons. The summed E-state index contributed by atoms with van der Waals surface area (Å²) in [6.07, 6.45) is 4.09. The molecule has 1 rings (SSSR count). The fourth-order valence-electron chi connectivity index (χ4n) is 2.33. The molecule has 0 aromatic rings. The summed E-state index contributed by atoms with van der Waals surface area (Å²) in [5.74, 6) is 0.169. The highest BCUT2D eigenvalue weighted by Crippen LogP contribution is 2.31. The van der Waals surface area contributed by atoms with Crippen molar-refractivity contribution < 1.29 is 4.79 Å². The number of carbonyl (C=O) groups is 1. The molecule has 1 aliphatic rings. The van der Waals surface area contributed by atoms with E-state index in [2.05, 4.69) is 40.1 Å². The van der Waals surface area contributed by atoms with Crippen LogP contribution in [0.4, 0.5) is 0 Å². The van der Waals surface area contributed by atoms with Gasteiger partial charge in [-0.3, -0.25) is 4.79 Å². The summed E-state index contributed by atoms with van der Waals surface area (Å²) >= 11 is 3.26. The second kappa shape index (κ2) is 6.40. The molecule has 0 aromatic heterocycles. The first-order valence-electron chi connectivity index (χ1n) is 5.93. The maximum Gasteiger partial charge on any atom is 0.227 e. The van der Waals surface area contributed by atoms with E-state index in [0.29, 0.717) is 6.54 Å². The molecule has 1 fully saturated rings. The van der Waals surface area contributed by atoms with E-state index >= 15 is 0 Å². The van der Waals surface area contributed by atoms with Crippen LogP contribution in [0, 0.1) is 5.41 Å². The number of hydrogen-bond donors (Lipinski definition) is 2. The van der Waals surface area contributed by atoms with Gasteiger partial charge in [0.2, 0.25) is 5.91 Å². The quantitative estimate of drug-likeness (QED) is 0.814. The molecule has 0 saturated carbocycles. The standard InChI is InChI=1S/C12H21BrN2O/c1-3-5-12(6-4-7-14-9-12)11(16)15-8-10(2)13/h14H,2-9H2,1H3,(H,15,16). The van der Waals surface area contributed by atoms with E-state index in [1.807, 2.05) is 0 Å². The van der Waals surface area contributed by atoms with E-state index in [9.17, 15) is 4.79 Å². The largest absolute Gasteiger partial charge is 0.351 e. The van der Waals surface area contributed by atoms with Gasteiger partial charge in [0.15, 0.2) is 0 Å². The van der Waals surface area contributed by atoms with Gasteiger partial charge in [0.25, 0.3) is 0 Å². The van der Waals surface area contributed by atoms with Gasteiger partial charge in [-0.25, -0.2) is 0 Å². The van der Waals surface area contributed by atoms with E-state index in [1.54, 1.807) is 0 Å². The Labute approximate surface area is 106 Å². The number of amides is 1. The Kier molecular flexibility index (Phi) is 5.49. The molecule has 3 nitrogen and oxygen atoms in total. The van der Waals surface area contributed by atoms with Crippen LogP contribution in [0.5, 0.6) is 0 Å². The van der Waals surface area contributed by atoms with Crippen molar-refractivity contribution in [2.24, 2.45) is 5.41 Å². The number of nitrogens with one attached hydrogen (secondary N) is 2. The van der Waals surface area contributed by atoms with Crippen LogP contribution in [-0.4, -0.2) is 25.5 Å². The van der Waals surface area contributed by atoms with Gasteiger partial charge in [-0.1, -0.05) is 35.9 Å². The molecule has 1 atom stereocenters. The van der Waals surface area contributed by atoms with Crippen molar-refractivity contribution in [3.05, 3.63) is 11.1 Å². The first-order chi connectivity index (χ1) is 7.60. The molecule has 16 heavy (non-hydrogen) atoms. The van der Waals surface area contributed by atoms with Crippen molar-refractivity contribution in [1.82, 2.24) is 10.6 Å². The number of halogens is 1. The van der Waals surface area contributed by atoms with Crippen LogP contribution in [0.25, 0.3) is 0 Å². The van der Waals surface area contributed by atoms with Gasteiger partial charge in [0.05, 0.1) is 5.41 Å². The first-order valence-corrected chi connectivity index (χ1v) is 6.72. The van der Waals surface area contributed by atoms with Crippen LogP contribution >= 0.6 is 15.9 Å². The summed E-state index contributed by atoms with van der Waals surface area (Å²) in [4.78, 5) is 12.2. The van der Waals surface area contributed by atoms with Crippen LogP contribution < -0.4 is 10.6 Å². The van der Waals surface area contributed by atoms with Gasteiger partial charge in [-0.05, 0) is 25.8 Å². The van der Waals surface area contributed by atoms with Gasteiger partial charge in [-0.2, -0.15) is 0 Å². The highest BCUT2D eigenvalue weighted by molar-refractivity contribution is 9.11. The number of rotatable bonds is 5. The Hall–Kier alpha value is -0.350. The third kappa shape index (κ3) is 3.59. The van der Waals surface area contributed by atoms with E-state index < -0.39 is 0 Å². The smallest absolute Gasteiger partial charge is 0.227 e. The summed E-state index contributed by atoms with van der Waals surface area (Å²) < 4.78 is 0.816. The van der Waals surface area contributed by atoms with Gasteiger partial charge in [-0.15, -0.1) is 0 Å². The van der Waals surface area contributed by atoms with Crippen LogP contribution in [0.2, 0.25) is 0 Å². The molecule has 1 aliphatic heterocycles. The molecule has 4 heteroatoms. The Morgan fingerprint density at radius 1 is 1.62 bits per heavy atom. The summed E-state index contributed by atoms with van der Waals surface area (Å²) in [7, 11) is 0. The van der Waals surface area contributed by atoms with Crippen molar-refractivity contribution in [2.75, 3.05) is 19.6 Å². The predicted octanol–water partition coefficient (Wildman–Crippen LogP) is 2.18. The normalized spacial score (nSPS) is 25.1. The maximum atomic E-state index is 12.2. The molecule has 0 aliphatic carbocycles. The van der Waals surface area contributed by atoms with Crippen LogP contribution in [0.1, 0.15) is 32.6 Å². The maximum absolute atomic E-state index is 12.2. The second-order valence-corrected chi connectivity index (χ2v) is 5.63. The summed E-state index contributed by atoms with van der Waals surface area (Å²) in [6, 6.07) is 0. The second-order valence-electron chi connectivity index (χ2n) is 4.51. The minimum absolute atomic E-state index is 0.169. The fourth-order valence-corrected chi connectivity index (χ4v) is 2.47. The van der Waals surface area contributed by atoms with E-state index in [-0.39, 0.29) is 11.3 Å². The molecular formula is C12H21BrN2O. The molecule has 1 amide bonds. The zero-order chi connectivity index (χ0) is 12.0. The van der Waals surface area contributed by atoms with Crippen molar-refractivity contribution in [1.29, 1.82) is 0 Å². The molecule has 1 heterocycles. The van der Waals surface area contributed by atoms with Crippen LogP contribution in [0.3, 0.4) is 0 Å². The lowest BCUT2D eigenvalue weighted by Crippen LogP contribution is -2.50. The Morgan fingerprint density at radius 2 is 2.38 bits per heavy atom. The molecule has 1 unspecified atom stereocenters. The molecule has 0 radical (unpaired) electrons. The van der Waals surface area contributed by atoms with E-state index in [4.69, 9.17) is 0 Å². The monoisotopic (exact) mass is 288 g/mol. The third-order valence-corrected chi connectivity index (χ3v) is 3.40. The summed E-state index contributed by atoms with van der Waals surface area (Å²) in [5.41, 5.74) is -0.199. The lowest BCUT2D eigenvalue weighted by molar-refractivity contribution is -0.132. The SMILES string of the molecule is C=C(Br)CNC(=O)C1(CCC)CCCNC1. The van der Waals surface area contributed by atoms with Crippen LogP contribution in [0.15, 0.2) is 11.1 Å². The fraction of sp³-hybridized carbons (Fsp3) is 0.750. The van der Waals surface area contributed by atoms with Gasteiger partial charge in [0.1, 0.15) is 0 Å². The Balaban J connectivity index is 2.60. The average molecular weight is 289 g/mol.